The number of nitrogens with zero attached hydrogens (tertiary/aromatic N) is 2. The molecule has 0 amide bonds. The summed E-state index contributed by atoms with van der Waals surface area (Å²) in [6.45, 7) is 1.65. The molecular formula is C19H19FN2O3. The lowest BCUT2D eigenvalue weighted by atomic mass is 9.92. The van der Waals surface area contributed by atoms with E-state index in [1.807, 2.05) is 28.8 Å². The molecule has 1 fully saturated rings. The van der Waals surface area contributed by atoms with Gasteiger partial charge >= 0.3 is 0 Å². The molecule has 0 saturated heterocycles. The molecule has 25 heavy (non-hydrogen) atoms. The van der Waals surface area contributed by atoms with E-state index in [-0.39, 0.29) is 17.4 Å². The van der Waals surface area contributed by atoms with Crippen LogP contribution in [0.5, 0.6) is 17.2 Å². The van der Waals surface area contributed by atoms with Crippen LogP contribution in [-0.4, -0.2) is 26.9 Å². The number of benzene rings is 2. The lowest BCUT2D eigenvalue weighted by molar-refractivity contribution is 0.321. The molecule has 130 valence electrons. The molecule has 0 radical (unpaired) electrons. The van der Waals surface area contributed by atoms with E-state index in [9.17, 15) is 14.6 Å². The van der Waals surface area contributed by atoms with Gasteiger partial charge in [0.1, 0.15) is 5.82 Å². The van der Waals surface area contributed by atoms with Gasteiger partial charge < -0.3 is 19.5 Å². The van der Waals surface area contributed by atoms with Crippen molar-refractivity contribution in [1.29, 1.82) is 0 Å². The van der Waals surface area contributed by atoms with Crippen molar-refractivity contribution in [2.45, 2.75) is 32.2 Å². The Morgan fingerprint density at radius 2 is 1.92 bits per heavy atom. The minimum Gasteiger partial charge on any atom is -0.502 e. The van der Waals surface area contributed by atoms with Crippen LogP contribution < -0.4 is 4.74 Å². The van der Waals surface area contributed by atoms with Crippen molar-refractivity contribution in [2.75, 3.05) is 7.11 Å². The third-order valence-electron chi connectivity index (χ3n) is 5.05. The molecule has 3 aromatic rings. The van der Waals surface area contributed by atoms with Crippen LogP contribution in [0, 0.1) is 12.7 Å². The molecular weight excluding hydrogens is 323 g/mol. The second kappa shape index (κ2) is 5.65. The first-order valence-electron chi connectivity index (χ1n) is 8.30. The van der Waals surface area contributed by atoms with Crippen LogP contribution in [0.2, 0.25) is 0 Å². The predicted octanol–water partition coefficient (Wildman–Crippen LogP) is 4.30. The molecule has 2 aromatic carbocycles. The molecule has 2 N–H and O–H groups in total. The average molecular weight is 342 g/mol. The summed E-state index contributed by atoms with van der Waals surface area (Å²) in [5, 5.41) is 20.0. The summed E-state index contributed by atoms with van der Waals surface area (Å²) in [4.78, 5) is 4.63. The summed E-state index contributed by atoms with van der Waals surface area (Å²) in [5.41, 5.74) is 2.28. The standard InChI is InChI=1S/C19H19FN2O3/c1-10-14(15(20)16(23)17(24)18(10)25-2)19-21-12-8-3-4-9-13(12)22(19)11-6-5-7-11/h3-4,8-9,11,23-24H,5-7H2,1-2H3. The van der Waals surface area contributed by atoms with Crippen LogP contribution >= 0.6 is 0 Å². The number of ether oxygens (including phenoxy) is 1. The zero-order valence-electron chi connectivity index (χ0n) is 14.1. The zero-order chi connectivity index (χ0) is 17.7. The summed E-state index contributed by atoms with van der Waals surface area (Å²) >= 11 is 0. The molecule has 1 aliphatic carbocycles. The number of aromatic nitrogens is 2. The highest BCUT2D eigenvalue weighted by atomic mass is 19.1. The maximum absolute atomic E-state index is 14.9. The van der Waals surface area contributed by atoms with Crippen molar-refractivity contribution in [3.63, 3.8) is 0 Å². The monoisotopic (exact) mass is 342 g/mol. The minimum absolute atomic E-state index is 0.0566. The van der Waals surface area contributed by atoms with Crippen LogP contribution in [0.3, 0.4) is 0 Å². The Bertz CT molecular complexity index is 977. The zero-order valence-corrected chi connectivity index (χ0v) is 14.1. The summed E-state index contributed by atoms with van der Waals surface area (Å²) in [6.07, 6.45) is 3.15. The van der Waals surface area contributed by atoms with Gasteiger partial charge in [0, 0.05) is 11.6 Å². The number of imidazole rings is 1. The van der Waals surface area contributed by atoms with Crippen LogP contribution in [0.1, 0.15) is 30.9 Å². The first kappa shape index (κ1) is 15.7. The molecule has 1 aromatic heterocycles. The summed E-state index contributed by atoms with van der Waals surface area (Å²) in [6, 6.07) is 7.93. The van der Waals surface area contributed by atoms with Crippen molar-refractivity contribution < 1.29 is 19.3 Å². The fourth-order valence-electron chi connectivity index (χ4n) is 3.54. The molecule has 4 rings (SSSR count). The maximum Gasteiger partial charge on any atom is 0.203 e. The van der Waals surface area contributed by atoms with Gasteiger partial charge in [0.05, 0.1) is 23.7 Å². The Morgan fingerprint density at radius 1 is 1.20 bits per heavy atom. The topological polar surface area (TPSA) is 67.5 Å². The number of methoxy groups -OCH3 is 1. The van der Waals surface area contributed by atoms with Gasteiger partial charge in [-0.25, -0.2) is 9.37 Å². The molecule has 6 heteroatoms. The quantitative estimate of drug-likeness (QED) is 0.697. The Kier molecular flexibility index (Phi) is 3.56. The van der Waals surface area contributed by atoms with Crippen LogP contribution in [0.25, 0.3) is 22.4 Å². The number of hydrogen-bond acceptors (Lipinski definition) is 4. The first-order chi connectivity index (χ1) is 12.0. The van der Waals surface area contributed by atoms with Crippen molar-refractivity contribution in [3.05, 3.63) is 35.6 Å². The predicted molar refractivity (Wildman–Crippen MR) is 92.6 cm³/mol. The molecule has 1 saturated carbocycles. The minimum atomic E-state index is -0.883. The van der Waals surface area contributed by atoms with E-state index in [1.54, 1.807) is 6.92 Å². The number of halogens is 1. The van der Waals surface area contributed by atoms with Crippen LogP contribution in [-0.2, 0) is 0 Å². The number of hydrogen-bond donors (Lipinski definition) is 2. The SMILES string of the molecule is COc1c(C)c(-c2nc3ccccc3n2C2CCC2)c(F)c(O)c1O. The lowest BCUT2D eigenvalue weighted by Crippen LogP contribution is -2.18. The smallest absolute Gasteiger partial charge is 0.203 e. The molecule has 0 spiro atoms. The Morgan fingerprint density at radius 3 is 2.56 bits per heavy atom. The van der Waals surface area contributed by atoms with Gasteiger partial charge in [-0.15, -0.1) is 0 Å². The van der Waals surface area contributed by atoms with E-state index in [0.29, 0.717) is 11.4 Å². The fourth-order valence-corrected chi connectivity index (χ4v) is 3.54. The van der Waals surface area contributed by atoms with E-state index in [0.717, 1.165) is 30.3 Å². The third-order valence-corrected chi connectivity index (χ3v) is 5.05. The van der Waals surface area contributed by atoms with Crippen molar-refractivity contribution in [1.82, 2.24) is 9.55 Å². The van der Waals surface area contributed by atoms with E-state index < -0.39 is 17.3 Å². The number of phenols is 2. The van der Waals surface area contributed by atoms with Gasteiger partial charge in [0.2, 0.25) is 5.75 Å². The normalized spacial score (nSPS) is 14.7. The average Bonchev–Trinajstić information content (AvgIpc) is 2.91. The molecule has 0 unspecified atom stereocenters. The molecule has 1 aliphatic rings. The van der Waals surface area contributed by atoms with Crippen LogP contribution in [0.4, 0.5) is 4.39 Å². The largest absolute Gasteiger partial charge is 0.502 e. The number of rotatable bonds is 3. The number of aromatic hydroxyl groups is 2. The molecule has 1 heterocycles. The highest BCUT2D eigenvalue weighted by Crippen LogP contribution is 2.48. The number of fused-ring (bicyclic) bond motifs is 1. The first-order valence-corrected chi connectivity index (χ1v) is 8.30. The number of phenolic OH excluding ortho intramolecular Hbond substituents is 2. The van der Waals surface area contributed by atoms with Gasteiger partial charge in [0.15, 0.2) is 17.3 Å². The van der Waals surface area contributed by atoms with E-state index in [4.69, 9.17) is 4.74 Å². The van der Waals surface area contributed by atoms with Gasteiger partial charge in [-0.05, 0) is 38.3 Å². The maximum atomic E-state index is 14.9. The highest BCUT2D eigenvalue weighted by Gasteiger charge is 2.30. The molecule has 0 atom stereocenters. The summed E-state index contributed by atoms with van der Waals surface area (Å²) in [7, 11) is 1.37. The summed E-state index contributed by atoms with van der Waals surface area (Å²) in [5.74, 6) is -1.78. The van der Waals surface area contributed by atoms with Gasteiger partial charge in [-0.3, -0.25) is 0 Å². The fraction of sp³-hybridized carbons (Fsp3) is 0.316. The Hall–Kier alpha value is -2.76. The molecule has 0 aliphatic heterocycles. The van der Waals surface area contributed by atoms with E-state index >= 15 is 0 Å². The van der Waals surface area contributed by atoms with Crippen molar-refractivity contribution >= 4 is 11.0 Å². The van der Waals surface area contributed by atoms with Crippen molar-refractivity contribution in [3.8, 4) is 28.6 Å². The second-order valence-corrected chi connectivity index (χ2v) is 6.42. The summed E-state index contributed by atoms with van der Waals surface area (Å²) < 4.78 is 22.1. The Labute approximate surface area is 144 Å². The Balaban J connectivity index is 2.07. The lowest BCUT2D eigenvalue weighted by Gasteiger charge is -2.29. The third kappa shape index (κ3) is 2.17. The molecule has 0 bridgehead atoms. The van der Waals surface area contributed by atoms with Gasteiger partial charge in [-0.1, -0.05) is 12.1 Å². The highest BCUT2D eigenvalue weighted by molar-refractivity contribution is 5.83. The van der Waals surface area contributed by atoms with E-state index in [2.05, 4.69) is 4.98 Å². The van der Waals surface area contributed by atoms with Crippen molar-refractivity contribution in [2.24, 2.45) is 0 Å². The second-order valence-electron chi connectivity index (χ2n) is 6.42. The van der Waals surface area contributed by atoms with Crippen LogP contribution in [0.15, 0.2) is 24.3 Å². The van der Waals surface area contributed by atoms with E-state index in [1.165, 1.54) is 7.11 Å². The molecule has 5 nitrogen and oxygen atoms in total. The number of para-hydroxylation sites is 2. The van der Waals surface area contributed by atoms with Gasteiger partial charge in [0.25, 0.3) is 0 Å². The van der Waals surface area contributed by atoms with Gasteiger partial charge in [-0.2, -0.15) is 0 Å².